The Morgan fingerprint density at radius 1 is 1.27 bits per heavy atom. The predicted molar refractivity (Wildman–Crippen MR) is 66.9 cm³/mol. The molecule has 0 bridgehead atoms. The van der Waals surface area contributed by atoms with Gasteiger partial charge in [-0.25, -0.2) is 0 Å². The zero-order chi connectivity index (χ0) is 11.5. The average Bonchev–Trinajstić information content (AvgIpc) is 2.18. The van der Waals surface area contributed by atoms with Crippen LogP contribution >= 0.6 is 0 Å². The van der Waals surface area contributed by atoms with E-state index in [-0.39, 0.29) is 0 Å². The Hall–Kier alpha value is -0.0800. The predicted octanol–water partition coefficient (Wildman–Crippen LogP) is 2.48. The molecule has 15 heavy (non-hydrogen) atoms. The van der Waals surface area contributed by atoms with Crippen LogP contribution in [0.4, 0.5) is 0 Å². The maximum Gasteiger partial charge on any atom is 0.0266 e. The van der Waals surface area contributed by atoms with Crippen molar-refractivity contribution >= 4 is 0 Å². The van der Waals surface area contributed by atoms with E-state index in [1.54, 1.807) is 0 Å². The van der Waals surface area contributed by atoms with Crippen LogP contribution in [0.2, 0.25) is 0 Å². The summed E-state index contributed by atoms with van der Waals surface area (Å²) in [5, 5.41) is 0. The summed E-state index contributed by atoms with van der Waals surface area (Å²) in [7, 11) is 0. The summed E-state index contributed by atoms with van der Waals surface area (Å²) in [6, 6.07) is 0.551. The minimum atomic E-state index is 0.313. The summed E-state index contributed by atoms with van der Waals surface area (Å²) < 4.78 is 0. The van der Waals surface area contributed by atoms with Gasteiger partial charge >= 0.3 is 0 Å². The van der Waals surface area contributed by atoms with Gasteiger partial charge in [0.25, 0.3) is 0 Å². The van der Waals surface area contributed by atoms with E-state index >= 15 is 0 Å². The van der Waals surface area contributed by atoms with E-state index in [4.69, 9.17) is 5.73 Å². The van der Waals surface area contributed by atoms with Gasteiger partial charge in [0.1, 0.15) is 0 Å². The fourth-order valence-electron chi connectivity index (χ4n) is 2.72. The first-order chi connectivity index (χ1) is 6.99. The summed E-state index contributed by atoms with van der Waals surface area (Å²) in [6.07, 6.45) is 4.07. The largest absolute Gasteiger partial charge is 0.329 e. The Morgan fingerprint density at radius 3 is 2.13 bits per heavy atom. The Bertz CT molecular complexity index is 175. The molecule has 2 nitrogen and oxygen atoms in total. The van der Waals surface area contributed by atoms with E-state index in [1.807, 2.05) is 0 Å². The molecule has 2 N–H and O–H groups in total. The summed E-state index contributed by atoms with van der Waals surface area (Å²) in [6.45, 7) is 12.5. The van der Waals surface area contributed by atoms with Gasteiger partial charge in [-0.15, -0.1) is 0 Å². The molecule has 0 amide bonds. The Morgan fingerprint density at radius 2 is 1.80 bits per heavy atom. The topological polar surface area (TPSA) is 29.3 Å². The lowest BCUT2D eigenvalue weighted by molar-refractivity contribution is 0.0682. The molecule has 1 heterocycles. The number of nitrogens with zero attached hydrogens (tertiary/aromatic N) is 1. The third-order valence-corrected chi connectivity index (χ3v) is 3.89. The molecular weight excluding hydrogens is 184 g/mol. The van der Waals surface area contributed by atoms with Crippen molar-refractivity contribution in [3.63, 3.8) is 0 Å². The molecule has 0 aliphatic carbocycles. The van der Waals surface area contributed by atoms with Gasteiger partial charge in [0.05, 0.1) is 0 Å². The molecule has 1 saturated heterocycles. The normalized spacial score (nSPS) is 23.0. The van der Waals surface area contributed by atoms with Gasteiger partial charge in [-0.2, -0.15) is 0 Å². The maximum absolute atomic E-state index is 5.92. The first kappa shape index (κ1) is 13.0. The van der Waals surface area contributed by atoms with Crippen LogP contribution in [0.1, 0.15) is 47.0 Å². The molecule has 1 fully saturated rings. The van der Waals surface area contributed by atoms with Gasteiger partial charge < -0.3 is 5.73 Å². The molecule has 90 valence electrons. The van der Waals surface area contributed by atoms with Crippen molar-refractivity contribution < 1.29 is 0 Å². The quantitative estimate of drug-likeness (QED) is 0.779. The van der Waals surface area contributed by atoms with E-state index in [0.29, 0.717) is 11.5 Å². The smallest absolute Gasteiger partial charge is 0.0266 e. The average molecular weight is 212 g/mol. The highest BCUT2D eigenvalue weighted by Crippen LogP contribution is 2.28. The van der Waals surface area contributed by atoms with E-state index in [1.165, 1.54) is 32.4 Å². The molecule has 1 atom stereocenters. The van der Waals surface area contributed by atoms with E-state index in [9.17, 15) is 0 Å². The molecule has 1 unspecified atom stereocenters. The lowest BCUT2D eigenvalue weighted by atomic mass is 9.83. The second-order valence-corrected chi connectivity index (χ2v) is 6.01. The molecule has 0 saturated carbocycles. The molecule has 0 spiro atoms. The number of likely N-dealkylation sites (tertiary alicyclic amines) is 1. The molecule has 0 aromatic rings. The van der Waals surface area contributed by atoms with Gasteiger partial charge in [0.2, 0.25) is 0 Å². The van der Waals surface area contributed by atoms with Crippen LogP contribution in [0, 0.1) is 11.3 Å². The van der Waals surface area contributed by atoms with Crippen LogP contribution in [0.25, 0.3) is 0 Å². The van der Waals surface area contributed by atoms with E-state index < -0.39 is 0 Å². The number of rotatable bonds is 3. The fourth-order valence-corrected chi connectivity index (χ4v) is 2.72. The van der Waals surface area contributed by atoms with Crippen LogP contribution in [-0.2, 0) is 0 Å². The number of piperidine rings is 1. The van der Waals surface area contributed by atoms with Crippen molar-refractivity contribution in [1.29, 1.82) is 0 Å². The summed E-state index contributed by atoms with van der Waals surface area (Å²) in [5.74, 6) is 0.958. The van der Waals surface area contributed by atoms with Gasteiger partial charge in [0.15, 0.2) is 0 Å². The van der Waals surface area contributed by atoms with Crippen molar-refractivity contribution in [1.82, 2.24) is 4.90 Å². The van der Waals surface area contributed by atoms with E-state index in [0.717, 1.165) is 12.5 Å². The first-order valence-corrected chi connectivity index (χ1v) is 6.43. The SMILES string of the molecule is CCC1CCN(C(CN)C(C)(C)C)CC1. The standard InChI is InChI=1S/C13H28N2/c1-5-11-6-8-15(9-7-11)12(10-14)13(2,3)4/h11-12H,5-10,14H2,1-4H3. The number of nitrogens with two attached hydrogens (primary N) is 1. The summed E-state index contributed by atoms with van der Waals surface area (Å²) >= 11 is 0. The van der Waals surface area contributed by atoms with Gasteiger partial charge in [-0.3, -0.25) is 4.90 Å². The molecular formula is C13H28N2. The van der Waals surface area contributed by atoms with Crippen LogP contribution in [-0.4, -0.2) is 30.6 Å². The molecule has 2 heteroatoms. The summed E-state index contributed by atoms with van der Waals surface area (Å²) in [4.78, 5) is 2.60. The fraction of sp³-hybridized carbons (Fsp3) is 1.00. The lowest BCUT2D eigenvalue weighted by Crippen LogP contribution is -2.51. The monoisotopic (exact) mass is 212 g/mol. The highest BCUT2D eigenvalue weighted by molar-refractivity contribution is 4.86. The van der Waals surface area contributed by atoms with Crippen molar-refractivity contribution in [2.75, 3.05) is 19.6 Å². The van der Waals surface area contributed by atoms with Crippen LogP contribution in [0.5, 0.6) is 0 Å². The molecule has 1 rings (SSSR count). The van der Waals surface area contributed by atoms with Gasteiger partial charge in [-0.1, -0.05) is 34.1 Å². The van der Waals surface area contributed by atoms with Crippen LogP contribution in [0.3, 0.4) is 0 Å². The molecule has 0 aromatic heterocycles. The Balaban J connectivity index is 2.50. The zero-order valence-corrected chi connectivity index (χ0v) is 10.9. The van der Waals surface area contributed by atoms with Crippen molar-refractivity contribution in [2.45, 2.75) is 53.0 Å². The van der Waals surface area contributed by atoms with Gasteiger partial charge in [-0.05, 0) is 37.3 Å². The van der Waals surface area contributed by atoms with E-state index in [2.05, 4.69) is 32.6 Å². The van der Waals surface area contributed by atoms with Crippen molar-refractivity contribution in [3.8, 4) is 0 Å². The summed E-state index contributed by atoms with van der Waals surface area (Å²) in [5.41, 5.74) is 6.23. The van der Waals surface area contributed by atoms with Gasteiger partial charge in [0, 0.05) is 12.6 Å². The minimum Gasteiger partial charge on any atom is -0.329 e. The molecule has 0 aromatic carbocycles. The second-order valence-electron chi connectivity index (χ2n) is 6.01. The number of hydrogen-bond donors (Lipinski definition) is 1. The Labute approximate surface area is 95.2 Å². The number of hydrogen-bond acceptors (Lipinski definition) is 2. The minimum absolute atomic E-state index is 0.313. The Kier molecular flexibility index (Phi) is 4.60. The maximum atomic E-state index is 5.92. The first-order valence-electron chi connectivity index (χ1n) is 6.43. The lowest BCUT2D eigenvalue weighted by Gasteiger charge is -2.43. The molecule has 1 aliphatic heterocycles. The third kappa shape index (κ3) is 3.46. The van der Waals surface area contributed by atoms with Crippen LogP contribution in [0.15, 0.2) is 0 Å². The molecule has 0 radical (unpaired) electrons. The van der Waals surface area contributed by atoms with Crippen molar-refractivity contribution in [3.05, 3.63) is 0 Å². The highest BCUT2D eigenvalue weighted by atomic mass is 15.2. The highest BCUT2D eigenvalue weighted by Gasteiger charge is 2.31. The zero-order valence-electron chi connectivity index (χ0n) is 10.9. The van der Waals surface area contributed by atoms with Crippen LogP contribution < -0.4 is 5.73 Å². The second kappa shape index (κ2) is 5.31. The third-order valence-electron chi connectivity index (χ3n) is 3.89. The van der Waals surface area contributed by atoms with Crippen molar-refractivity contribution in [2.24, 2.45) is 17.1 Å². The molecule has 1 aliphatic rings.